The van der Waals surface area contributed by atoms with Crippen LogP contribution in [0, 0.1) is 0 Å². The Labute approximate surface area is 163 Å². The molecule has 0 bridgehead atoms. The number of benzene rings is 1. The van der Waals surface area contributed by atoms with Gasteiger partial charge in [0.25, 0.3) is 0 Å². The fourth-order valence-electron chi connectivity index (χ4n) is 2.63. The van der Waals surface area contributed by atoms with E-state index in [1.165, 1.54) is 0 Å². The lowest BCUT2D eigenvalue weighted by molar-refractivity contribution is -0.143. The molecule has 1 aromatic carbocycles. The van der Waals surface area contributed by atoms with Gasteiger partial charge in [-0.15, -0.1) is 0 Å². The highest BCUT2D eigenvalue weighted by Gasteiger charge is 2.16. The van der Waals surface area contributed by atoms with Crippen molar-refractivity contribution in [1.29, 1.82) is 0 Å². The minimum atomic E-state index is -0.260. The Morgan fingerprint density at radius 3 is 2.81 bits per heavy atom. The molecule has 2 heterocycles. The lowest BCUT2D eigenvalue weighted by Gasteiger charge is -2.25. The summed E-state index contributed by atoms with van der Waals surface area (Å²) in [4.78, 5) is 13.6. The number of hydrogen-bond acceptors (Lipinski definition) is 6. The second-order valence-corrected chi connectivity index (χ2v) is 6.23. The van der Waals surface area contributed by atoms with Crippen LogP contribution in [0.5, 0.6) is 11.5 Å². The quantitative estimate of drug-likeness (QED) is 0.571. The van der Waals surface area contributed by atoms with E-state index in [1.54, 1.807) is 13.2 Å². The summed E-state index contributed by atoms with van der Waals surface area (Å²) in [5.41, 5.74) is 0.782. The molecule has 1 aliphatic rings. The number of nitrogens with one attached hydrogen (secondary N) is 1. The predicted octanol–water partition coefficient (Wildman–Crippen LogP) is 3.20. The van der Waals surface area contributed by atoms with Crippen LogP contribution in [0.25, 0.3) is 0 Å². The minimum Gasteiger partial charge on any atom is -0.486 e. The zero-order valence-corrected chi connectivity index (χ0v) is 15.9. The van der Waals surface area contributed by atoms with Gasteiger partial charge in [0, 0.05) is 18.3 Å². The predicted molar refractivity (Wildman–Crippen MR) is 104 cm³/mol. The Bertz CT molecular complexity index is 778. The highest BCUT2D eigenvalue weighted by atomic mass is 32.1. The van der Waals surface area contributed by atoms with Crippen LogP contribution < -0.4 is 14.8 Å². The molecule has 8 heteroatoms. The molecule has 0 amide bonds. The fourth-order valence-corrected chi connectivity index (χ4v) is 2.90. The van der Waals surface area contributed by atoms with Crippen molar-refractivity contribution in [1.82, 2.24) is 4.90 Å². The van der Waals surface area contributed by atoms with E-state index in [1.807, 2.05) is 35.2 Å². The second kappa shape index (κ2) is 9.27. The van der Waals surface area contributed by atoms with Gasteiger partial charge in [0.2, 0.25) is 0 Å². The van der Waals surface area contributed by atoms with E-state index in [4.69, 9.17) is 30.8 Å². The summed E-state index contributed by atoms with van der Waals surface area (Å²) in [5, 5.41) is 3.67. The Morgan fingerprint density at radius 1 is 1.26 bits per heavy atom. The first kappa shape index (κ1) is 19.0. The summed E-state index contributed by atoms with van der Waals surface area (Å²) in [6.45, 7) is 4.07. The molecule has 0 saturated carbocycles. The van der Waals surface area contributed by atoms with Gasteiger partial charge in [-0.05, 0) is 43.4 Å². The first-order valence-electron chi connectivity index (χ1n) is 8.79. The zero-order chi connectivity index (χ0) is 19.1. The molecule has 1 aliphatic heterocycles. The van der Waals surface area contributed by atoms with Gasteiger partial charge in [0.15, 0.2) is 16.6 Å². The van der Waals surface area contributed by atoms with E-state index < -0.39 is 0 Å². The topological polar surface area (TPSA) is 73.2 Å². The van der Waals surface area contributed by atoms with E-state index in [0.29, 0.717) is 49.5 Å². The van der Waals surface area contributed by atoms with Crippen molar-refractivity contribution in [2.45, 2.75) is 19.9 Å². The average molecular weight is 390 g/mol. The maximum absolute atomic E-state index is 11.7. The van der Waals surface area contributed by atoms with Crippen LogP contribution in [0.2, 0.25) is 0 Å². The van der Waals surface area contributed by atoms with Crippen molar-refractivity contribution >= 4 is 29.0 Å². The standard InChI is InChI=1S/C19H22N2O5S/c1-2-23-18(22)7-8-21(13-15-4-3-9-24-15)19(27)20-14-5-6-16-17(12-14)26-11-10-25-16/h3-6,9,12H,2,7-8,10-11,13H2,1H3,(H,20,27). The lowest BCUT2D eigenvalue weighted by Crippen LogP contribution is -2.36. The Kier molecular flexibility index (Phi) is 6.54. The smallest absolute Gasteiger partial charge is 0.307 e. The van der Waals surface area contributed by atoms with Gasteiger partial charge in [-0.1, -0.05) is 0 Å². The van der Waals surface area contributed by atoms with Crippen molar-refractivity contribution in [2.24, 2.45) is 0 Å². The highest BCUT2D eigenvalue weighted by molar-refractivity contribution is 7.80. The average Bonchev–Trinajstić information content (AvgIpc) is 3.18. The molecule has 0 fully saturated rings. The number of carbonyl (C=O) groups excluding carboxylic acids is 1. The third-order valence-corrected chi connectivity index (χ3v) is 4.26. The minimum absolute atomic E-state index is 0.234. The van der Waals surface area contributed by atoms with Crippen molar-refractivity contribution in [3.63, 3.8) is 0 Å². The van der Waals surface area contributed by atoms with Crippen LogP contribution in [0.1, 0.15) is 19.1 Å². The summed E-state index contributed by atoms with van der Waals surface area (Å²) < 4.78 is 21.5. The molecule has 1 aromatic heterocycles. The maximum atomic E-state index is 11.7. The molecule has 27 heavy (non-hydrogen) atoms. The molecule has 3 rings (SSSR count). The van der Waals surface area contributed by atoms with Crippen molar-refractivity contribution in [3.05, 3.63) is 42.4 Å². The first-order valence-corrected chi connectivity index (χ1v) is 9.20. The first-order chi connectivity index (χ1) is 13.2. The number of carbonyl (C=O) groups is 1. The van der Waals surface area contributed by atoms with Crippen LogP contribution in [0.15, 0.2) is 41.0 Å². The number of ether oxygens (including phenoxy) is 3. The van der Waals surface area contributed by atoms with Gasteiger partial charge in [0.05, 0.1) is 25.8 Å². The van der Waals surface area contributed by atoms with Crippen molar-refractivity contribution < 1.29 is 23.4 Å². The van der Waals surface area contributed by atoms with Crippen LogP contribution in [0.3, 0.4) is 0 Å². The molecule has 2 aromatic rings. The molecule has 0 radical (unpaired) electrons. The fraction of sp³-hybridized carbons (Fsp3) is 0.368. The Morgan fingerprint density at radius 2 is 2.07 bits per heavy atom. The third-order valence-electron chi connectivity index (χ3n) is 3.90. The van der Waals surface area contributed by atoms with Crippen molar-refractivity contribution in [2.75, 3.05) is 31.7 Å². The number of thiocarbonyl (C=S) groups is 1. The number of furan rings is 1. The monoisotopic (exact) mass is 390 g/mol. The second-order valence-electron chi connectivity index (χ2n) is 5.84. The summed E-state index contributed by atoms with van der Waals surface area (Å²) in [6, 6.07) is 9.24. The molecular formula is C19H22N2O5S. The van der Waals surface area contributed by atoms with Crippen molar-refractivity contribution in [3.8, 4) is 11.5 Å². The number of esters is 1. The Hall–Kier alpha value is -2.74. The largest absolute Gasteiger partial charge is 0.486 e. The van der Waals surface area contributed by atoms with Gasteiger partial charge in [0.1, 0.15) is 19.0 Å². The van der Waals surface area contributed by atoms with E-state index in [0.717, 1.165) is 11.4 Å². The summed E-state index contributed by atoms with van der Waals surface area (Å²) in [7, 11) is 0. The number of anilines is 1. The lowest BCUT2D eigenvalue weighted by atomic mass is 10.2. The van der Waals surface area contributed by atoms with Crippen LogP contribution in [-0.2, 0) is 16.1 Å². The molecular weight excluding hydrogens is 368 g/mol. The Balaban J connectivity index is 1.66. The molecule has 1 N–H and O–H groups in total. The van der Waals surface area contributed by atoms with Gasteiger partial charge in [-0.25, -0.2) is 0 Å². The molecule has 144 valence electrons. The zero-order valence-electron chi connectivity index (χ0n) is 15.1. The number of fused-ring (bicyclic) bond motifs is 1. The molecule has 0 unspecified atom stereocenters. The number of nitrogens with zero attached hydrogens (tertiary/aromatic N) is 1. The van der Waals surface area contributed by atoms with Crippen LogP contribution >= 0.6 is 12.2 Å². The molecule has 0 spiro atoms. The molecule has 0 aliphatic carbocycles. The normalized spacial score (nSPS) is 12.3. The summed E-state index contributed by atoms with van der Waals surface area (Å²) >= 11 is 5.55. The summed E-state index contributed by atoms with van der Waals surface area (Å²) in [6.07, 6.45) is 1.84. The van der Waals surface area contributed by atoms with Gasteiger partial charge in [-0.3, -0.25) is 4.79 Å². The molecule has 0 atom stereocenters. The van der Waals surface area contributed by atoms with E-state index in [9.17, 15) is 4.79 Å². The van der Waals surface area contributed by atoms with Gasteiger partial charge in [-0.2, -0.15) is 0 Å². The van der Waals surface area contributed by atoms with Gasteiger partial charge >= 0.3 is 5.97 Å². The van der Waals surface area contributed by atoms with Gasteiger partial charge < -0.3 is 28.8 Å². The SMILES string of the molecule is CCOC(=O)CCN(Cc1ccco1)C(=S)Nc1ccc2c(c1)OCCO2. The van der Waals surface area contributed by atoms with E-state index in [-0.39, 0.29) is 12.4 Å². The number of rotatable bonds is 7. The van der Waals surface area contributed by atoms with E-state index >= 15 is 0 Å². The van der Waals surface area contributed by atoms with Crippen LogP contribution in [-0.4, -0.2) is 42.3 Å². The van der Waals surface area contributed by atoms with E-state index in [2.05, 4.69) is 5.32 Å². The highest BCUT2D eigenvalue weighted by Crippen LogP contribution is 2.32. The number of hydrogen-bond donors (Lipinski definition) is 1. The summed E-state index contributed by atoms with van der Waals surface area (Å²) in [5.74, 6) is 1.89. The van der Waals surface area contributed by atoms with Crippen LogP contribution in [0.4, 0.5) is 5.69 Å². The molecule has 7 nitrogen and oxygen atoms in total. The molecule has 0 saturated heterocycles. The maximum Gasteiger partial charge on any atom is 0.307 e. The third kappa shape index (κ3) is 5.37.